The van der Waals surface area contributed by atoms with Gasteiger partial charge in [0.2, 0.25) is 0 Å². The van der Waals surface area contributed by atoms with E-state index in [-0.39, 0.29) is 19.4 Å². The fourth-order valence-corrected chi connectivity index (χ4v) is 8.56. The van der Waals surface area contributed by atoms with E-state index in [4.69, 9.17) is 19.3 Å². The van der Waals surface area contributed by atoms with Crippen LogP contribution in [0.2, 0.25) is 0 Å². The second kappa shape index (κ2) is 47.5. The van der Waals surface area contributed by atoms with Crippen molar-refractivity contribution < 1.29 is 37.9 Å². The molecule has 0 rings (SSSR count). The normalized spacial score (nSPS) is 12.3. The molecule has 9 heteroatoms. The zero-order chi connectivity index (χ0) is 43.9. The van der Waals surface area contributed by atoms with Crippen molar-refractivity contribution in [3.63, 3.8) is 0 Å². The molecule has 0 aliphatic rings. The summed E-state index contributed by atoms with van der Waals surface area (Å²) in [5.41, 5.74) is 0. The van der Waals surface area contributed by atoms with Crippen molar-refractivity contribution in [3.8, 4) is 0 Å². The van der Waals surface area contributed by atoms with Crippen LogP contribution in [0.1, 0.15) is 296 Å². The van der Waals surface area contributed by atoms with Crippen LogP contribution < -0.4 is 0 Å². The van der Waals surface area contributed by atoms with Crippen LogP contribution in [0.5, 0.6) is 0 Å². The largest absolute Gasteiger partial charge is 0.469 e. The summed E-state index contributed by atoms with van der Waals surface area (Å²) >= 11 is 0. The van der Waals surface area contributed by atoms with Crippen LogP contribution in [0.3, 0.4) is 0 Å². The minimum Gasteiger partial charge on any atom is -0.462 e. The predicted octanol–water partition coefficient (Wildman–Crippen LogP) is 16.8. The van der Waals surface area contributed by atoms with Gasteiger partial charge in [-0.1, -0.05) is 271 Å². The second-order valence-corrected chi connectivity index (χ2v) is 19.5. The molecule has 0 aromatic heterocycles. The lowest BCUT2D eigenvalue weighted by atomic mass is 10.0. The predicted molar refractivity (Wildman–Crippen MR) is 253 cm³/mol. The molecule has 0 unspecified atom stereocenters. The molecule has 0 aliphatic carbocycles. The van der Waals surface area contributed by atoms with Crippen LogP contribution in [0.4, 0.5) is 0 Å². The number of esters is 2. The zero-order valence-electron chi connectivity index (χ0n) is 39.9. The highest BCUT2D eigenvalue weighted by molar-refractivity contribution is 7.46. The first kappa shape index (κ1) is 59.0. The molecule has 0 bridgehead atoms. The second-order valence-electron chi connectivity index (χ2n) is 18.2. The van der Waals surface area contributed by atoms with Gasteiger partial charge in [0.05, 0.1) is 6.61 Å². The molecular weight excluding hydrogens is 772 g/mol. The van der Waals surface area contributed by atoms with Crippen LogP contribution in [0.25, 0.3) is 0 Å². The Balaban J connectivity index is 3.74. The molecule has 0 fully saturated rings. The van der Waals surface area contributed by atoms with E-state index in [1.165, 1.54) is 231 Å². The minimum atomic E-state index is -4.75. The average Bonchev–Trinajstić information content (AvgIpc) is 3.22. The van der Waals surface area contributed by atoms with Gasteiger partial charge in [0, 0.05) is 12.8 Å². The van der Waals surface area contributed by atoms with Gasteiger partial charge < -0.3 is 19.3 Å². The van der Waals surface area contributed by atoms with Gasteiger partial charge in [-0.3, -0.25) is 14.1 Å². The fourth-order valence-electron chi connectivity index (χ4n) is 8.20. The van der Waals surface area contributed by atoms with Crippen LogP contribution in [-0.2, 0) is 28.2 Å². The zero-order valence-corrected chi connectivity index (χ0v) is 40.8. The summed E-state index contributed by atoms with van der Waals surface area (Å²) in [5.74, 6) is -0.859. The SMILES string of the molecule is CCCCCCCCCCCCCCCCCCCCCCCCC(=O)O[C@H](COC(=O)CCCCCCCCCCCCCCCCCCCCCC)COP(=O)(O)O. The number of rotatable bonds is 50. The van der Waals surface area contributed by atoms with Crippen LogP contribution in [0, 0.1) is 0 Å². The molecule has 60 heavy (non-hydrogen) atoms. The van der Waals surface area contributed by atoms with E-state index < -0.39 is 32.5 Å². The topological polar surface area (TPSA) is 119 Å². The molecule has 0 radical (unpaired) electrons. The Morgan fingerprint density at radius 2 is 0.600 bits per heavy atom. The van der Waals surface area contributed by atoms with E-state index in [0.29, 0.717) is 6.42 Å². The maximum absolute atomic E-state index is 12.5. The Kier molecular flexibility index (Phi) is 46.8. The van der Waals surface area contributed by atoms with Gasteiger partial charge in [-0.05, 0) is 12.8 Å². The quantitative estimate of drug-likeness (QED) is 0.0352. The fraction of sp³-hybridized carbons (Fsp3) is 0.961. The van der Waals surface area contributed by atoms with Crippen molar-refractivity contribution in [2.45, 2.75) is 302 Å². The van der Waals surface area contributed by atoms with E-state index in [1.807, 2.05) is 0 Å². The maximum Gasteiger partial charge on any atom is 0.469 e. The molecule has 2 N–H and O–H groups in total. The molecule has 0 saturated heterocycles. The van der Waals surface area contributed by atoms with E-state index >= 15 is 0 Å². The molecule has 0 saturated carbocycles. The van der Waals surface area contributed by atoms with Crippen LogP contribution in [0.15, 0.2) is 0 Å². The molecule has 358 valence electrons. The van der Waals surface area contributed by atoms with Gasteiger partial charge in [-0.2, -0.15) is 0 Å². The van der Waals surface area contributed by atoms with Gasteiger partial charge in [0.15, 0.2) is 6.10 Å². The van der Waals surface area contributed by atoms with Crippen LogP contribution >= 0.6 is 7.82 Å². The van der Waals surface area contributed by atoms with Gasteiger partial charge >= 0.3 is 19.8 Å². The summed E-state index contributed by atoms with van der Waals surface area (Å²) in [6.45, 7) is 3.76. The van der Waals surface area contributed by atoms with Crippen molar-refractivity contribution in [2.75, 3.05) is 13.2 Å². The number of ether oxygens (including phenoxy) is 2. The highest BCUT2D eigenvalue weighted by Crippen LogP contribution is 2.36. The number of unbranched alkanes of at least 4 members (excludes halogenated alkanes) is 40. The number of phosphoric ester groups is 1. The Morgan fingerprint density at radius 3 is 0.850 bits per heavy atom. The molecule has 8 nitrogen and oxygen atoms in total. The average molecular weight is 873 g/mol. The Bertz CT molecular complexity index is 940. The number of carbonyl (C=O) groups is 2. The standard InChI is InChI=1S/C51H101O8P/c1-3-5-7-9-11-13-15-17-19-21-23-25-26-28-30-32-34-36-38-40-42-44-46-51(53)59-49(48-58-60(54,55)56)47-57-50(52)45-43-41-39-37-35-33-31-29-27-24-22-20-18-16-14-12-10-8-6-4-2/h49H,3-48H2,1-2H3,(H2,54,55,56)/t49-/m1/s1. The van der Waals surface area contributed by atoms with Crippen molar-refractivity contribution >= 4 is 19.8 Å². The first-order valence-corrected chi connectivity index (χ1v) is 27.9. The highest BCUT2D eigenvalue weighted by Gasteiger charge is 2.23. The van der Waals surface area contributed by atoms with Crippen LogP contribution in [-0.4, -0.2) is 41.0 Å². The molecule has 0 spiro atoms. The van der Waals surface area contributed by atoms with Crippen molar-refractivity contribution in [2.24, 2.45) is 0 Å². The third-order valence-corrected chi connectivity index (χ3v) is 12.6. The lowest BCUT2D eigenvalue weighted by molar-refractivity contribution is -0.161. The Labute approximate surface area is 372 Å². The van der Waals surface area contributed by atoms with Gasteiger partial charge in [0.1, 0.15) is 6.61 Å². The molecule has 0 heterocycles. The third kappa shape index (κ3) is 49.7. The van der Waals surface area contributed by atoms with Gasteiger partial charge in [-0.25, -0.2) is 4.57 Å². The summed E-state index contributed by atoms with van der Waals surface area (Å²) in [4.78, 5) is 43.1. The van der Waals surface area contributed by atoms with Crippen molar-refractivity contribution in [3.05, 3.63) is 0 Å². The number of carbonyl (C=O) groups excluding carboxylic acids is 2. The van der Waals surface area contributed by atoms with Crippen molar-refractivity contribution in [1.82, 2.24) is 0 Å². The van der Waals surface area contributed by atoms with E-state index in [9.17, 15) is 14.2 Å². The molecular formula is C51H101O8P. The monoisotopic (exact) mass is 873 g/mol. The van der Waals surface area contributed by atoms with E-state index in [1.54, 1.807) is 0 Å². The first-order valence-electron chi connectivity index (χ1n) is 26.3. The van der Waals surface area contributed by atoms with Crippen molar-refractivity contribution in [1.29, 1.82) is 0 Å². The molecule has 0 aromatic rings. The first-order chi connectivity index (χ1) is 29.3. The molecule has 1 atom stereocenters. The van der Waals surface area contributed by atoms with Gasteiger partial charge in [-0.15, -0.1) is 0 Å². The molecule has 0 aliphatic heterocycles. The summed E-state index contributed by atoms with van der Waals surface area (Å²) in [7, 11) is -4.75. The minimum absolute atomic E-state index is 0.221. The lowest BCUT2D eigenvalue weighted by Crippen LogP contribution is -2.29. The summed E-state index contributed by atoms with van der Waals surface area (Å²) in [6, 6.07) is 0. The maximum atomic E-state index is 12.5. The number of hydrogen-bond acceptors (Lipinski definition) is 6. The smallest absolute Gasteiger partial charge is 0.462 e. The lowest BCUT2D eigenvalue weighted by Gasteiger charge is -2.18. The number of hydrogen-bond donors (Lipinski definition) is 2. The molecule has 0 aromatic carbocycles. The van der Waals surface area contributed by atoms with E-state index in [0.717, 1.165) is 32.1 Å². The summed E-state index contributed by atoms with van der Waals surface area (Å²) in [5, 5.41) is 0. The van der Waals surface area contributed by atoms with Gasteiger partial charge in [0.25, 0.3) is 0 Å². The highest BCUT2D eigenvalue weighted by atomic mass is 31.2. The Hall–Kier alpha value is -0.950. The summed E-state index contributed by atoms with van der Waals surface area (Å²) in [6.07, 6.45) is 54.1. The Morgan fingerprint density at radius 1 is 0.367 bits per heavy atom. The third-order valence-electron chi connectivity index (χ3n) is 12.1. The number of phosphoric acid groups is 1. The van der Waals surface area contributed by atoms with E-state index in [2.05, 4.69) is 18.4 Å². The molecule has 0 amide bonds. The summed E-state index contributed by atoms with van der Waals surface area (Å²) < 4.78 is 26.6.